The van der Waals surface area contributed by atoms with Crippen LogP contribution >= 0.6 is 0 Å². The van der Waals surface area contributed by atoms with E-state index in [1.165, 1.54) is 32.1 Å². The zero-order valence-electron chi connectivity index (χ0n) is 6.69. The lowest BCUT2D eigenvalue weighted by atomic mass is 10.0. The Labute approximate surface area is 58.7 Å². The Morgan fingerprint density at radius 1 is 1.33 bits per heavy atom. The summed E-state index contributed by atoms with van der Waals surface area (Å²) in [5, 5.41) is 0. The van der Waals surface area contributed by atoms with E-state index in [1.807, 2.05) is 0 Å². The molecule has 9 heavy (non-hydrogen) atoms. The Morgan fingerprint density at radius 2 is 2.11 bits per heavy atom. The molecule has 0 nitrogen and oxygen atoms in total. The lowest BCUT2D eigenvalue weighted by molar-refractivity contribution is 0.474. The second-order valence-electron chi connectivity index (χ2n) is 3.57. The molecule has 0 saturated heterocycles. The van der Waals surface area contributed by atoms with Gasteiger partial charge in [-0.25, -0.2) is 0 Å². The predicted molar refractivity (Wildman–Crippen MR) is 41.4 cm³/mol. The molecule has 2 atom stereocenters. The molecule has 1 unspecified atom stereocenters. The summed E-state index contributed by atoms with van der Waals surface area (Å²) in [6, 6.07) is 0. The lowest BCUT2D eigenvalue weighted by Gasteiger charge is -2.05. The standard InChI is InChI=1S/C9H18/c1-3-4-9-6-5-8(2)7-9/h8-9H,3-7H2,1-2H3/t8-,9?/m1/s1. The number of rotatable bonds is 2. The predicted octanol–water partition coefficient (Wildman–Crippen LogP) is 3.22. The number of hydrogen-bond acceptors (Lipinski definition) is 0. The Balaban J connectivity index is 2.14. The summed E-state index contributed by atoms with van der Waals surface area (Å²) in [5.74, 6) is 2.12. The van der Waals surface area contributed by atoms with Gasteiger partial charge in [0, 0.05) is 0 Å². The van der Waals surface area contributed by atoms with Crippen molar-refractivity contribution in [2.24, 2.45) is 11.8 Å². The molecule has 1 fully saturated rings. The van der Waals surface area contributed by atoms with Gasteiger partial charge < -0.3 is 0 Å². The first kappa shape index (κ1) is 7.11. The third-order valence-electron chi connectivity index (χ3n) is 2.50. The van der Waals surface area contributed by atoms with Crippen molar-refractivity contribution in [3.63, 3.8) is 0 Å². The summed E-state index contributed by atoms with van der Waals surface area (Å²) in [6.45, 7) is 4.68. The van der Waals surface area contributed by atoms with Crippen LogP contribution in [0.4, 0.5) is 0 Å². The third kappa shape index (κ3) is 2.00. The van der Waals surface area contributed by atoms with Gasteiger partial charge in [-0.15, -0.1) is 0 Å². The van der Waals surface area contributed by atoms with E-state index in [4.69, 9.17) is 0 Å². The smallest absolute Gasteiger partial charge is 0.0412 e. The molecule has 0 aromatic rings. The van der Waals surface area contributed by atoms with Crippen LogP contribution in [0.25, 0.3) is 0 Å². The van der Waals surface area contributed by atoms with Gasteiger partial charge >= 0.3 is 0 Å². The summed E-state index contributed by atoms with van der Waals surface area (Å²) in [4.78, 5) is 0. The van der Waals surface area contributed by atoms with Crippen molar-refractivity contribution < 1.29 is 0 Å². The normalized spacial score (nSPS) is 35.3. The molecular weight excluding hydrogens is 108 g/mol. The fraction of sp³-hybridized carbons (Fsp3) is 1.00. The lowest BCUT2D eigenvalue weighted by Crippen LogP contribution is -1.92. The molecule has 0 aromatic heterocycles. The molecule has 1 aliphatic rings. The van der Waals surface area contributed by atoms with Crippen molar-refractivity contribution in [2.75, 3.05) is 0 Å². The van der Waals surface area contributed by atoms with E-state index in [9.17, 15) is 0 Å². The van der Waals surface area contributed by atoms with E-state index in [2.05, 4.69) is 13.8 Å². The summed E-state index contributed by atoms with van der Waals surface area (Å²) in [5.41, 5.74) is 0. The molecule has 0 amide bonds. The van der Waals surface area contributed by atoms with Gasteiger partial charge in [0.15, 0.2) is 0 Å². The molecule has 0 heteroatoms. The van der Waals surface area contributed by atoms with E-state index < -0.39 is 0 Å². The van der Waals surface area contributed by atoms with Gasteiger partial charge in [0.1, 0.15) is 0 Å². The maximum atomic E-state index is 2.38. The van der Waals surface area contributed by atoms with Gasteiger partial charge in [-0.05, 0) is 18.3 Å². The Bertz CT molecular complexity index is 74.1. The molecule has 54 valence electrons. The Hall–Kier alpha value is 0. The highest BCUT2D eigenvalue weighted by Gasteiger charge is 2.19. The summed E-state index contributed by atoms with van der Waals surface area (Å²) in [7, 11) is 0. The highest BCUT2D eigenvalue weighted by Crippen LogP contribution is 2.32. The van der Waals surface area contributed by atoms with E-state index in [1.54, 1.807) is 0 Å². The molecule has 0 bridgehead atoms. The maximum absolute atomic E-state index is 2.38. The van der Waals surface area contributed by atoms with E-state index in [0.717, 1.165) is 11.8 Å². The monoisotopic (exact) mass is 126 g/mol. The molecule has 1 rings (SSSR count). The second kappa shape index (κ2) is 3.24. The SMILES string of the molecule is CCCC1CC[C@@H](C)C1. The van der Waals surface area contributed by atoms with Crippen molar-refractivity contribution >= 4 is 0 Å². The van der Waals surface area contributed by atoms with E-state index in [-0.39, 0.29) is 0 Å². The van der Waals surface area contributed by atoms with Gasteiger partial charge in [-0.1, -0.05) is 39.5 Å². The molecule has 0 spiro atoms. The summed E-state index contributed by atoms with van der Waals surface area (Å²) < 4.78 is 0. The van der Waals surface area contributed by atoms with Gasteiger partial charge in [0.05, 0.1) is 0 Å². The van der Waals surface area contributed by atoms with Crippen LogP contribution in [0.1, 0.15) is 46.0 Å². The third-order valence-corrected chi connectivity index (χ3v) is 2.50. The quantitative estimate of drug-likeness (QED) is 0.533. The molecule has 1 aliphatic carbocycles. The van der Waals surface area contributed by atoms with E-state index in [0.29, 0.717) is 0 Å². The van der Waals surface area contributed by atoms with Crippen molar-refractivity contribution in [3.8, 4) is 0 Å². The molecule has 0 aromatic carbocycles. The second-order valence-corrected chi connectivity index (χ2v) is 3.57. The minimum atomic E-state index is 1.03. The van der Waals surface area contributed by atoms with Crippen molar-refractivity contribution in [2.45, 2.75) is 46.0 Å². The van der Waals surface area contributed by atoms with Crippen LogP contribution in [0.3, 0.4) is 0 Å². The zero-order valence-corrected chi connectivity index (χ0v) is 6.69. The summed E-state index contributed by atoms with van der Waals surface area (Å²) >= 11 is 0. The fourth-order valence-electron chi connectivity index (χ4n) is 2.00. The first-order valence-electron chi connectivity index (χ1n) is 4.33. The van der Waals surface area contributed by atoms with Crippen LogP contribution in [0, 0.1) is 11.8 Å². The average Bonchev–Trinajstić information content (AvgIpc) is 2.17. The molecule has 0 heterocycles. The van der Waals surface area contributed by atoms with Crippen LogP contribution in [-0.4, -0.2) is 0 Å². The van der Waals surface area contributed by atoms with E-state index >= 15 is 0 Å². The Kier molecular flexibility index (Phi) is 2.56. The minimum Gasteiger partial charge on any atom is -0.0654 e. The molecule has 0 aliphatic heterocycles. The van der Waals surface area contributed by atoms with Gasteiger partial charge in [0.2, 0.25) is 0 Å². The number of hydrogen-bond donors (Lipinski definition) is 0. The van der Waals surface area contributed by atoms with Crippen LogP contribution in [0.2, 0.25) is 0 Å². The van der Waals surface area contributed by atoms with Gasteiger partial charge in [0.25, 0.3) is 0 Å². The Morgan fingerprint density at radius 3 is 2.56 bits per heavy atom. The molecule has 1 saturated carbocycles. The maximum Gasteiger partial charge on any atom is -0.0412 e. The zero-order chi connectivity index (χ0) is 6.69. The fourth-order valence-corrected chi connectivity index (χ4v) is 2.00. The van der Waals surface area contributed by atoms with Crippen LogP contribution in [0.5, 0.6) is 0 Å². The largest absolute Gasteiger partial charge is 0.0654 e. The first-order valence-corrected chi connectivity index (χ1v) is 4.33. The van der Waals surface area contributed by atoms with Gasteiger partial charge in [-0.3, -0.25) is 0 Å². The van der Waals surface area contributed by atoms with Gasteiger partial charge in [-0.2, -0.15) is 0 Å². The molecular formula is C9H18. The highest BCUT2D eigenvalue weighted by molar-refractivity contribution is 4.71. The van der Waals surface area contributed by atoms with Crippen molar-refractivity contribution in [3.05, 3.63) is 0 Å². The summed E-state index contributed by atoms with van der Waals surface area (Å²) in [6.07, 6.45) is 7.37. The van der Waals surface area contributed by atoms with Crippen molar-refractivity contribution in [1.82, 2.24) is 0 Å². The molecule has 0 N–H and O–H groups in total. The first-order chi connectivity index (χ1) is 4.33. The minimum absolute atomic E-state index is 1.03. The van der Waals surface area contributed by atoms with Crippen molar-refractivity contribution in [1.29, 1.82) is 0 Å². The average molecular weight is 126 g/mol. The van der Waals surface area contributed by atoms with Crippen LogP contribution in [0.15, 0.2) is 0 Å². The highest BCUT2D eigenvalue weighted by atomic mass is 14.2. The topological polar surface area (TPSA) is 0 Å². The van der Waals surface area contributed by atoms with Crippen LogP contribution < -0.4 is 0 Å². The molecule has 0 radical (unpaired) electrons. The van der Waals surface area contributed by atoms with Crippen LogP contribution in [-0.2, 0) is 0 Å².